The van der Waals surface area contributed by atoms with Gasteiger partial charge >= 0.3 is 5.97 Å². The molecule has 0 saturated heterocycles. The van der Waals surface area contributed by atoms with Crippen LogP contribution in [-0.4, -0.2) is 26.3 Å². The summed E-state index contributed by atoms with van der Waals surface area (Å²) in [4.78, 5) is 14.2. The topological polar surface area (TPSA) is 81.8 Å². The van der Waals surface area contributed by atoms with Crippen molar-refractivity contribution in [1.82, 2.24) is 15.2 Å². The SMILES string of the molecule is O=C(O)c1ccc2c(-c3c[nH]c4ccccc34)n[nH]c2c1. The molecule has 21 heavy (non-hydrogen) atoms. The molecule has 0 aliphatic rings. The molecule has 5 heteroatoms. The number of rotatable bonds is 2. The van der Waals surface area contributed by atoms with E-state index in [0.29, 0.717) is 0 Å². The molecule has 3 N–H and O–H groups in total. The maximum absolute atomic E-state index is 11.0. The predicted molar refractivity (Wildman–Crippen MR) is 80.3 cm³/mol. The van der Waals surface area contributed by atoms with Crippen molar-refractivity contribution in [3.05, 3.63) is 54.2 Å². The molecule has 0 fully saturated rings. The Balaban J connectivity index is 1.97. The van der Waals surface area contributed by atoms with Crippen LogP contribution < -0.4 is 0 Å². The van der Waals surface area contributed by atoms with Crippen LogP contribution in [0.15, 0.2) is 48.7 Å². The van der Waals surface area contributed by atoms with Crippen LogP contribution in [0.25, 0.3) is 33.1 Å². The van der Waals surface area contributed by atoms with E-state index >= 15 is 0 Å². The molecule has 2 aromatic heterocycles. The highest BCUT2D eigenvalue weighted by atomic mass is 16.4. The van der Waals surface area contributed by atoms with E-state index in [-0.39, 0.29) is 5.56 Å². The number of carbonyl (C=O) groups is 1. The minimum Gasteiger partial charge on any atom is -0.478 e. The summed E-state index contributed by atoms with van der Waals surface area (Å²) in [6.45, 7) is 0. The monoisotopic (exact) mass is 277 g/mol. The highest BCUT2D eigenvalue weighted by molar-refractivity contribution is 6.04. The van der Waals surface area contributed by atoms with Gasteiger partial charge in [-0.3, -0.25) is 5.10 Å². The molecule has 4 aromatic rings. The summed E-state index contributed by atoms with van der Waals surface area (Å²) in [6, 6.07) is 13.0. The van der Waals surface area contributed by atoms with E-state index in [9.17, 15) is 4.79 Å². The lowest BCUT2D eigenvalue weighted by Crippen LogP contribution is -1.94. The third-order valence-corrected chi connectivity index (χ3v) is 3.65. The molecule has 4 rings (SSSR count). The van der Waals surface area contributed by atoms with E-state index in [4.69, 9.17) is 5.11 Å². The van der Waals surface area contributed by atoms with Crippen molar-refractivity contribution >= 4 is 27.8 Å². The Morgan fingerprint density at radius 1 is 1.05 bits per heavy atom. The average molecular weight is 277 g/mol. The van der Waals surface area contributed by atoms with Crippen molar-refractivity contribution in [2.24, 2.45) is 0 Å². The Morgan fingerprint density at radius 3 is 2.76 bits per heavy atom. The zero-order chi connectivity index (χ0) is 14.4. The van der Waals surface area contributed by atoms with Crippen LogP contribution >= 0.6 is 0 Å². The molecule has 102 valence electrons. The first kappa shape index (κ1) is 11.7. The number of hydrogen-bond donors (Lipinski definition) is 3. The number of aromatic amines is 2. The van der Waals surface area contributed by atoms with E-state index in [0.717, 1.165) is 33.1 Å². The highest BCUT2D eigenvalue weighted by Crippen LogP contribution is 2.32. The number of hydrogen-bond acceptors (Lipinski definition) is 2. The predicted octanol–water partition coefficient (Wildman–Crippen LogP) is 3.41. The normalized spacial score (nSPS) is 11.2. The van der Waals surface area contributed by atoms with Gasteiger partial charge in [0, 0.05) is 28.0 Å². The van der Waals surface area contributed by atoms with Gasteiger partial charge in [-0.2, -0.15) is 5.10 Å². The number of para-hydroxylation sites is 1. The second kappa shape index (κ2) is 4.21. The van der Waals surface area contributed by atoms with E-state index < -0.39 is 5.97 Å². The van der Waals surface area contributed by atoms with Crippen molar-refractivity contribution < 1.29 is 9.90 Å². The molecule has 0 amide bonds. The fourth-order valence-corrected chi connectivity index (χ4v) is 2.63. The summed E-state index contributed by atoms with van der Waals surface area (Å²) in [7, 11) is 0. The summed E-state index contributed by atoms with van der Waals surface area (Å²) in [5.74, 6) is -0.944. The molecule has 0 bridgehead atoms. The standard InChI is InChI=1S/C16H11N3O2/c20-16(21)9-5-6-11-14(7-9)18-19-15(11)12-8-17-13-4-2-1-3-10(12)13/h1-8,17H,(H,18,19)(H,20,21). The molecule has 0 unspecified atom stereocenters. The number of carboxylic acid groups (broad SMARTS) is 1. The lowest BCUT2D eigenvalue weighted by molar-refractivity contribution is 0.0697. The number of H-pyrrole nitrogens is 2. The van der Waals surface area contributed by atoms with Crippen molar-refractivity contribution in [2.75, 3.05) is 0 Å². The number of benzene rings is 2. The van der Waals surface area contributed by atoms with Gasteiger partial charge in [0.1, 0.15) is 5.69 Å². The van der Waals surface area contributed by atoms with E-state index in [1.807, 2.05) is 30.5 Å². The molecular formula is C16H11N3O2. The Labute approximate surface area is 119 Å². The van der Waals surface area contributed by atoms with Crippen LogP contribution in [-0.2, 0) is 0 Å². The molecule has 2 aromatic carbocycles. The molecule has 0 aliphatic heterocycles. The fourth-order valence-electron chi connectivity index (χ4n) is 2.63. The summed E-state index contributed by atoms with van der Waals surface area (Å²) in [5.41, 5.74) is 3.83. The maximum atomic E-state index is 11.0. The van der Waals surface area contributed by atoms with Crippen molar-refractivity contribution in [3.8, 4) is 11.3 Å². The van der Waals surface area contributed by atoms with Gasteiger partial charge in [-0.15, -0.1) is 0 Å². The fraction of sp³-hybridized carbons (Fsp3) is 0. The number of aromatic carboxylic acids is 1. The van der Waals surface area contributed by atoms with Gasteiger partial charge < -0.3 is 10.1 Å². The smallest absolute Gasteiger partial charge is 0.335 e. The van der Waals surface area contributed by atoms with Crippen LogP contribution in [0.2, 0.25) is 0 Å². The number of nitrogens with zero attached hydrogens (tertiary/aromatic N) is 1. The number of carboxylic acids is 1. The van der Waals surface area contributed by atoms with Crippen LogP contribution in [0.3, 0.4) is 0 Å². The Bertz CT molecular complexity index is 981. The van der Waals surface area contributed by atoms with Crippen LogP contribution in [0.1, 0.15) is 10.4 Å². The second-order valence-corrected chi connectivity index (χ2v) is 4.89. The van der Waals surface area contributed by atoms with Gasteiger partial charge in [-0.25, -0.2) is 4.79 Å². The molecule has 0 spiro atoms. The number of aromatic nitrogens is 3. The molecule has 0 atom stereocenters. The quantitative estimate of drug-likeness (QED) is 0.525. The van der Waals surface area contributed by atoms with E-state index in [2.05, 4.69) is 15.2 Å². The molecule has 5 nitrogen and oxygen atoms in total. The summed E-state index contributed by atoms with van der Waals surface area (Å²) < 4.78 is 0. The van der Waals surface area contributed by atoms with Gasteiger partial charge in [0.25, 0.3) is 0 Å². The van der Waals surface area contributed by atoms with Gasteiger partial charge in [0.05, 0.1) is 11.1 Å². The first-order valence-corrected chi connectivity index (χ1v) is 6.52. The van der Waals surface area contributed by atoms with E-state index in [1.54, 1.807) is 18.2 Å². The Kier molecular flexibility index (Phi) is 2.35. The van der Waals surface area contributed by atoms with Crippen LogP contribution in [0, 0.1) is 0 Å². The highest BCUT2D eigenvalue weighted by Gasteiger charge is 2.13. The third-order valence-electron chi connectivity index (χ3n) is 3.65. The Morgan fingerprint density at radius 2 is 1.90 bits per heavy atom. The van der Waals surface area contributed by atoms with Gasteiger partial charge in [-0.1, -0.05) is 18.2 Å². The van der Waals surface area contributed by atoms with Crippen molar-refractivity contribution in [1.29, 1.82) is 0 Å². The molecule has 2 heterocycles. The summed E-state index contributed by atoms with van der Waals surface area (Å²) >= 11 is 0. The molecule has 0 saturated carbocycles. The van der Waals surface area contributed by atoms with Crippen molar-refractivity contribution in [2.45, 2.75) is 0 Å². The number of nitrogens with one attached hydrogen (secondary N) is 2. The largest absolute Gasteiger partial charge is 0.478 e. The minimum atomic E-state index is -0.944. The minimum absolute atomic E-state index is 0.247. The zero-order valence-corrected chi connectivity index (χ0v) is 10.9. The summed E-state index contributed by atoms with van der Waals surface area (Å²) in [5, 5.41) is 18.3. The first-order valence-electron chi connectivity index (χ1n) is 6.52. The molecule has 0 aliphatic carbocycles. The van der Waals surface area contributed by atoms with Gasteiger partial charge in [0.15, 0.2) is 0 Å². The van der Waals surface area contributed by atoms with Crippen molar-refractivity contribution in [3.63, 3.8) is 0 Å². The maximum Gasteiger partial charge on any atom is 0.335 e. The lowest BCUT2D eigenvalue weighted by Gasteiger charge is -1.97. The second-order valence-electron chi connectivity index (χ2n) is 4.89. The van der Waals surface area contributed by atoms with Gasteiger partial charge in [-0.05, 0) is 24.3 Å². The summed E-state index contributed by atoms with van der Waals surface area (Å²) in [6.07, 6.45) is 1.92. The Hall–Kier alpha value is -3.08. The van der Waals surface area contributed by atoms with Crippen LogP contribution in [0.5, 0.6) is 0 Å². The lowest BCUT2D eigenvalue weighted by atomic mass is 10.1. The first-order chi connectivity index (χ1) is 10.2. The van der Waals surface area contributed by atoms with E-state index in [1.165, 1.54) is 0 Å². The zero-order valence-electron chi connectivity index (χ0n) is 10.9. The third kappa shape index (κ3) is 1.71. The molecular weight excluding hydrogens is 266 g/mol. The number of fused-ring (bicyclic) bond motifs is 2. The molecule has 0 radical (unpaired) electrons. The van der Waals surface area contributed by atoms with Crippen LogP contribution in [0.4, 0.5) is 0 Å². The average Bonchev–Trinajstić information content (AvgIpc) is 3.09. The van der Waals surface area contributed by atoms with Gasteiger partial charge in [0.2, 0.25) is 0 Å².